The molecule has 0 amide bonds. The van der Waals surface area contributed by atoms with Gasteiger partial charge in [0.2, 0.25) is 0 Å². The van der Waals surface area contributed by atoms with Crippen molar-refractivity contribution in [2.75, 3.05) is 0 Å². The Morgan fingerprint density at radius 3 is 2.09 bits per heavy atom. The maximum absolute atomic E-state index is 12.3. The normalized spacial score (nSPS) is 10.3. The minimum Gasteiger partial charge on any atom is -0.423 e. The van der Waals surface area contributed by atoms with Gasteiger partial charge in [0, 0.05) is 0 Å². The third-order valence-electron chi connectivity index (χ3n) is 3.99. The largest absolute Gasteiger partial charge is 0.423 e. The molecule has 114 valence electrons. The second-order valence-corrected chi connectivity index (χ2v) is 5.53. The quantitative estimate of drug-likeness (QED) is 0.491. The fraction of sp³-hybridized carbons (Fsp3) is 0.0952. The van der Waals surface area contributed by atoms with Gasteiger partial charge in [-0.3, -0.25) is 0 Å². The third kappa shape index (κ3) is 3.32. The van der Waals surface area contributed by atoms with E-state index in [2.05, 4.69) is 0 Å². The zero-order valence-electron chi connectivity index (χ0n) is 13.2. The van der Waals surface area contributed by atoms with Gasteiger partial charge in [0.25, 0.3) is 0 Å². The number of aryl methyl sites for hydroxylation is 1. The van der Waals surface area contributed by atoms with Gasteiger partial charge >= 0.3 is 5.97 Å². The Hall–Kier alpha value is -2.87. The number of benzene rings is 3. The summed E-state index contributed by atoms with van der Waals surface area (Å²) in [5.74, 6) is 0.278. The average molecular weight is 302 g/mol. The van der Waals surface area contributed by atoms with E-state index in [0.29, 0.717) is 11.3 Å². The molecule has 0 bridgehead atoms. The Bertz CT molecular complexity index is 818. The summed E-state index contributed by atoms with van der Waals surface area (Å²) < 4.78 is 5.52. The van der Waals surface area contributed by atoms with Crippen LogP contribution in [0.15, 0.2) is 72.8 Å². The number of hydrogen-bond acceptors (Lipinski definition) is 2. The molecule has 3 aromatic carbocycles. The van der Waals surface area contributed by atoms with E-state index in [9.17, 15) is 4.79 Å². The first-order valence-corrected chi connectivity index (χ1v) is 7.59. The first kappa shape index (κ1) is 15.0. The zero-order valence-corrected chi connectivity index (χ0v) is 13.2. The minimum absolute atomic E-state index is 0.335. The van der Waals surface area contributed by atoms with Crippen LogP contribution in [0.4, 0.5) is 0 Å². The van der Waals surface area contributed by atoms with Gasteiger partial charge in [-0.15, -0.1) is 0 Å². The Morgan fingerprint density at radius 2 is 1.39 bits per heavy atom. The number of esters is 1. The van der Waals surface area contributed by atoms with Gasteiger partial charge in [-0.05, 0) is 54.3 Å². The van der Waals surface area contributed by atoms with E-state index in [1.165, 1.54) is 0 Å². The molecule has 0 aliphatic carbocycles. The van der Waals surface area contributed by atoms with Gasteiger partial charge in [0.05, 0.1) is 5.56 Å². The van der Waals surface area contributed by atoms with Crippen molar-refractivity contribution in [3.8, 4) is 16.9 Å². The predicted octanol–water partition coefficient (Wildman–Crippen LogP) is 5.19. The van der Waals surface area contributed by atoms with Crippen molar-refractivity contribution in [1.82, 2.24) is 0 Å². The zero-order chi connectivity index (χ0) is 16.2. The van der Waals surface area contributed by atoms with Crippen molar-refractivity contribution in [2.24, 2.45) is 0 Å². The summed E-state index contributed by atoms with van der Waals surface area (Å²) in [7, 11) is 0. The summed E-state index contributed by atoms with van der Waals surface area (Å²) >= 11 is 0. The fourth-order valence-electron chi connectivity index (χ4n) is 2.42. The van der Waals surface area contributed by atoms with Crippen LogP contribution in [0, 0.1) is 13.8 Å². The molecule has 2 heteroatoms. The molecule has 0 aromatic heterocycles. The summed E-state index contributed by atoms with van der Waals surface area (Å²) in [6.45, 7) is 3.96. The second kappa shape index (κ2) is 6.49. The van der Waals surface area contributed by atoms with Crippen LogP contribution in [0.1, 0.15) is 21.5 Å². The topological polar surface area (TPSA) is 26.3 Å². The van der Waals surface area contributed by atoms with E-state index in [1.807, 2.05) is 74.5 Å². The molecule has 2 nitrogen and oxygen atoms in total. The Morgan fingerprint density at radius 1 is 0.739 bits per heavy atom. The smallest absolute Gasteiger partial charge is 0.343 e. The molecule has 0 heterocycles. The molecule has 0 spiro atoms. The molecule has 0 unspecified atom stereocenters. The van der Waals surface area contributed by atoms with Gasteiger partial charge in [-0.25, -0.2) is 4.79 Å². The van der Waals surface area contributed by atoms with Gasteiger partial charge in [0.15, 0.2) is 0 Å². The first-order valence-electron chi connectivity index (χ1n) is 7.59. The van der Waals surface area contributed by atoms with Gasteiger partial charge < -0.3 is 4.74 Å². The second-order valence-electron chi connectivity index (χ2n) is 5.53. The Kier molecular flexibility index (Phi) is 4.24. The third-order valence-corrected chi connectivity index (χ3v) is 3.99. The van der Waals surface area contributed by atoms with Crippen LogP contribution in [0.25, 0.3) is 11.1 Å². The van der Waals surface area contributed by atoms with Crippen LogP contribution in [-0.4, -0.2) is 5.97 Å². The number of hydrogen-bond donors (Lipinski definition) is 0. The molecule has 0 saturated heterocycles. The molecular weight excluding hydrogens is 284 g/mol. The van der Waals surface area contributed by atoms with Crippen molar-refractivity contribution in [3.63, 3.8) is 0 Å². The monoisotopic (exact) mass is 302 g/mol. The molecule has 0 N–H and O–H groups in total. The van der Waals surface area contributed by atoms with Crippen LogP contribution in [0.2, 0.25) is 0 Å². The summed E-state index contributed by atoms with van der Waals surface area (Å²) in [6.07, 6.45) is 0. The summed E-state index contributed by atoms with van der Waals surface area (Å²) in [5, 5.41) is 0. The SMILES string of the molecule is Cc1cccc(OC(=O)c2ccc(-c3ccccc3)cc2)c1C. The average Bonchev–Trinajstić information content (AvgIpc) is 2.60. The van der Waals surface area contributed by atoms with Gasteiger partial charge in [0.1, 0.15) is 5.75 Å². The summed E-state index contributed by atoms with van der Waals surface area (Å²) in [6, 6.07) is 23.3. The van der Waals surface area contributed by atoms with E-state index in [1.54, 1.807) is 12.1 Å². The molecule has 0 saturated carbocycles. The van der Waals surface area contributed by atoms with Crippen LogP contribution in [0.3, 0.4) is 0 Å². The molecule has 23 heavy (non-hydrogen) atoms. The molecule has 0 radical (unpaired) electrons. The highest BCUT2D eigenvalue weighted by Gasteiger charge is 2.11. The highest BCUT2D eigenvalue weighted by molar-refractivity contribution is 5.91. The van der Waals surface area contributed by atoms with Crippen LogP contribution in [-0.2, 0) is 0 Å². The Labute approximate surface area is 136 Å². The van der Waals surface area contributed by atoms with Gasteiger partial charge in [-0.1, -0.05) is 54.6 Å². The maximum atomic E-state index is 12.3. The van der Waals surface area contributed by atoms with Crippen LogP contribution >= 0.6 is 0 Å². The molecule has 0 aliphatic heterocycles. The number of carbonyl (C=O) groups is 1. The summed E-state index contributed by atoms with van der Waals surface area (Å²) in [5.41, 5.74) is 4.85. The maximum Gasteiger partial charge on any atom is 0.343 e. The number of ether oxygens (including phenoxy) is 1. The van der Waals surface area contributed by atoms with Crippen molar-refractivity contribution < 1.29 is 9.53 Å². The lowest BCUT2D eigenvalue weighted by Gasteiger charge is -2.09. The lowest BCUT2D eigenvalue weighted by atomic mass is 10.0. The molecule has 3 aromatic rings. The van der Waals surface area contributed by atoms with Crippen molar-refractivity contribution in [1.29, 1.82) is 0 Å². The molecule has 0 fully saturated rings. The van der Waals surface area contributed by atoms with E-state index in [0.717, 1.165) is 22.3 Å². The predicted molar refractivity (Wildman–Crippen MR) is 92.8 cm³/mol. The van der Waals surface area contributed by atoms with Crippen LogP contribution in [0.5, 0.6) is 5.75 Å². The molecule has 3 rings (SSSR count). The van der Waals surface area contributed by atoms with E-state index >= 15 is 0 Å². The van der Waals surface area contributed by atoms with E-state index in [-0.39, 0.29) is 5.97 Å². The summed E-state index contributed by atoms with van der Waals surface area (Å²) in [4.78, 5) is 12.3. The first-order chi connectivity index (χ1) is 11.1. The van der Waals surface area contributed by atoms with Crippen molar-refractivity contribution in [3.05, 3.63) is 89.5 Å². The van der Waals surface area contributed by atoms with E-state index in [4.69, 9.17) is 4.74 Å². The van der Waals surface area contributed by atoms with Crippen molar-refractivity contribution in [2.45, 2.75) is 13.8 Å². The standard InChI is InChI=1S/C21H18O2/c1-15-7-6-10-20(16(15)2)23-21(22)19-13-11-18(12-14-19)17-8-4-3-5-9-17/h3-14H,1-2H3. The highest BCUT2D eigenvalue weighted by Crippen LogP contribution is 2.23. The molecule has 0 aliphatic rings. The lowest BCUT2D eigenvalue weighted by molar-refractivity contribution is 0.0733. The van der Waals surface area contributed by atoms with Crippen molar-refractivity contribution >= 4 is 5.97 Å². The lowest BCUT2D eigenvalue weighted by Crippen LogP contribution is -2.09. The number of carbonyl (C=O) groups excluding carboxylic acids is 1. The van der Waals surface area contributed by atoms with E-state index < -0.39 is 0 Å². The Balaban J connectivity index is 1.79. The minimum atomic E-state index is -0.335. The molecule has 0 atom stereocenters. The molecular formula is C21H18O2. The number of rotatable bonds is 3. The van der Waals surface area contributed by atoms with Gasteiger partial charge in [-0.2, -0.15) is 0 Å². The highest BCUT2D eigenvalue weighted by atomic mass is 16.5. The van der Waals surface area contributed by atoms with Crippen LogP contribution < -0.4 is 4.74 Å². The fourth-order valence-corrected chi connectivity index (χ4v) is 2.42.